The standard InChI is InChI=1S/C57H75N6P/c1-19-64(18,58-56-60(52-44(36(2)3)24-20-25-45(52)37(4)5)32-33-61(56)53-46(38(6)7)26-21-27-47(53)39(8)9)59-57-62(54-48(40(10)11)28-22-29-49(54)41(12)13)34-35-63(57)55-50(42(14)15)30-23-31-51(55)43(16)17/h20-43H,2-18H3/i1+1,19+1. The Morgan fingerprint density at radius 3 is 0.672 bits per heavy atom. The monoisotopic (exact) mass is 877 g/mol. The molecule has 4 aromatic carbocycles. The van der Waals surface area contributed by atoms with Gasteiger partial charge in [0.1, 0.15) is 6.66 Å². The quantitative estimate of drug-likeness (QED) is 0.0453. The maximum Gasteiger partial charge on any atom is 0.290 e. The number of hydrogen-bond donors (Lipinski definition) is 0. The highest BCUT2D eigenvalue weighted by molar-refractivity contribution is 7.77. The summed E-state index contributed by atoms with van der Waals surface area (Å²) in [5.41, 5.74) is 19.2. The van der Waals surface area contributed by atoms with Crippen molar-refractivity contribution in [1.29, 1.82) is 0 Å². The van der Waals surface area contributed by atoms with Crippen molar-refractivity contribution in [2.75, 3.05) is 6.66 Å². The Labute approximate surface area is 386 Å². The summed E-state index contributed by atoms with van der Waals surface area (Å²) in [5, 5.41) is 0. The normalized spacial score (nSPS) is 12.3. The lowest BCUT2D eigenvalue weighted by molar-refractivity contribution is 0.762. The van der Waals surface area contributed by atoms with Crippen molar-refractivity contribution < 1.29 is 0 Å². The maximum absolute atomic E-state index is 9.32. The van der Waals surface area contributed by atoms with E-state index in [0.717, 1.165) is 34.0 Å². The van der Waals surface area contributed by atoms with Crippen molar-refractivity contribution in [2.24, 2.45) is 9.53 Å². The highest BCUT2D eigenvalue weighted by Gasteiger charge is 2.32. The number of hydrogen-bond acceptors (Lipinski definition) is 2. The fraction of sp³-hybridized carbons (Fsp3) is 0.439. The Morgan fingerprint density at radius 2 is 0.531 bits per heavy atom. The van der Waals surface area contributed by atoms with E-state index in [4.69, 9.17) is 9.53 Å². The molecule has 2 heterocycles. The van der Waals surface area contributed by atoms with Crippen LogP contribution in [0.4, 0.5) is 0 Å². The molecule has 0 atom stereocenters. The summed E-state index contributed by atoms with van der Waals surface area (Å²) >= 11 is 0. The van der Waals surface area contributed by atoms with Crippen LogP contribution in [0.5, 0.6) is 0 Å². The second-order valence-corrected chi connectivity index (χ2v) is 22.7. The molecule has 0 fully saturated rings. The van der Waals surface area contributed by atoms with Gasteiger partial charge < -0.3 is 6.42 Å². The van der Waals surface area contributed by atoms with Gasteiger partial charge in [0.05, 0.1) is 22.7 Å². The van der Waals surface area contributed by atoms with Crippen LogP contribution in [0.15, 0.2) is 107 Å². The molecule has 6 aromatic rings. The molecule has 6 rings (SSSR count). The molecule has 0 aliphatic rings. The van der Waals surface area contributed by atoms with Gasteiger partial charge in [-0.05, 0) is 91.9 Å². The van der Waals surface area contributed by atoms with E-state index in [1.54, 1.807) is 0 Å². The summed E-state index contributed by atoms with van der Waals surface area (Å²) in [4.78, 5) is 0. The van der Waals surface area contributed by atoms with E-state index in [-0.39, 0.29) is 47.3 Å². The SMILES string of the molecule is CC(C)c1cccc(C(C)C)c1-n1ccn(-c2c(C(C)C)cccc2C(C)C)c1=N[P+](C)([13C]#[13C-])N=c1n(-c2c(C(C)C)cccc2C(C)C)ccn1-c1c(C(C)C)cccc1C(C)C. The fourth-order valence-electron chi connectivity index (χ4n) is 9.24. The van der Waals surface area contributed by atoms with Gasteiger partial charge in [-0.3, -0.25) is 18.3 Å². The van der Waals surface area contributed by atoms with E-state index in [2.05, 4.69) is 232 Å². The van der Waals surface area contributed by atoms with Crippen molar-refractivity contribution in [3.05, 3.63) is 160 Å². The summed E-state index contributed by atoms with van der Waals surface area (Å²) < 4.78 is 20.9. The predicted octanol–water partition coefficient (Wildman–Crippen LogP) is 15.4. The third kappa shape index (κ3) is 9.35. The van der Waals surface area contributed by atoms with E-state index < -0.39 is 7.56 Å². The zero-order valence-corrected chi connectivity index (χ0v) is 42.9. The first kappa shape index (κ1) is 48.3. The van der Waals surface area contributed by atoms with Crippen molar-refractivity contribution >= 4 is 7.56 Å². The molecular weight excluding hydrogens is 802 g/mol. The van der Waals surface area contributed by atoms with Gasteiger partial charge in [-0.25, -0.2) is 0 Å². The molecule has 7 heteroatoms. The van der Waals surface area contributed by atoms with Crippen molar-refractivity contribution in [3.63, 3.8) is 0 Å². The zero-order chi connectivity index (χ0) is 46.9. The smallest absolute Gasteiger partial charge is 0.290 e. The first-order valence-corrected chi connectivity index (χ1v) is 25.9. The molecule has 0 bridgehead atoms. The number of rotatable bonds is 14. The van der Waals surface area contributed by atoms with Gasteiger partial charge in [-0.2, -0.15) is 0 Å². The van der Waals surface area contributed by atoms with Crippen LogP contribution in [0.25, 0.3) is 22.7 Å². The van der Waals surface area contributed by atoms with E-state index in [0.29, 0.717) is 0 Å². The van der Waals surface area contributed by atoms with Gasteiger partial charge in [0, 0.05) is 24.8 Å². The molecule has 0 unspecified atom stereocenters. The van der Waals surface area contributed by atoms with Crippen LogP contribution in [0, 0.1) is 12.1 Å². The number of aromatic nitrogens is 4. The van der Waals surface area contributed by atoms with E-state index >= 15 is 0 Å². The Morgan fingerprint density at radius 1 is 0.359 bits per heavy atom. The summed E-state index contributed by atoms with van der Waals surface area (Å²) in [6, 6.07) is 26.9. The first-order valence-electron chi connectivity index (χ1n) is 23.8. The number of benzene rings is 4. The molecule has 0 saturated heterocycles. The highest BCUT2D eigenvalue weighted by Crippen LogP contribution is 2.56. The molecule has 6 nitrogen and oxygen atoms in total. The summed E-state index contributed by atoms with van der Waals surface area (Å²) in [6.45, 7) is 38.4. The van der Waals surface area contributed by atoms with E-state index in [1.165, 1.54) is 44.5 Å². The van der Waals surface area contributed by atoms with Gasteiger partial charge in [-0.1, -0.05) is 193 Å². The van der Waals surface area contributed by atoms with E-state index in [1.807, 2.05) is 6.66 Å². The predicted molar refractivity (Wildman–Crippen MR) is 274 cm³/mol. The minimum atomic E-state index is -3.14. The molecule has 2 aromatic heterocycles. The zero-order valence-electron chi connectivity index (χ0n) is 42.0. The van der Waals surface area contributed by atoms with Crippen LogP contribution in [-0.4, -0.2) is 24.9 Å². The Bertz CT molecular complexity index is 2330. The Hall–Kier alpha value is -5.11. The summed E-state index contributed by atoms with van der Waals surface area (Å²) in [5.74, 6) is 2.12. The van der Waals surface area contributed by atoms with Gasteiger partial charge >= 0.3 is 0 Å². The maximum atomic E-state index is 9.32. The molecule has 0 aliphatic heterocycles. The molecule has 0 spiro atoms. The topological polar surface area (TPSA) is 44.4 Å². The lowest BCUT2D eigenvalue weighted by Gasteiger charge is -2.23. The van der Waals surface area contributed by atoms with Crippen LogP contribution >= 0.6 is 7.56 Å². The van der Waals surface area contributed by atoms with Gasteiger partial charge in [-0.15, -0.1) is 5.66 Å². The van der Waals surface area contributed by atoms with E-state index in [9.17, 15) is 6.42 Å². The molecule has 64 heavy (non-hydrogen) atoms. The second-order valence-electron chi connectivity index (χ2n) is 20.3. The van der Waals surface area contributed by atoms with Gasteiger partial charge in [0.2, 0.25) is 0 Å². The molecule has 0 radical (unpaired) electrons. The number of imidazole rings is 2. The van der Waals surface area contributed by atoms with Gasteiger partial charge in [0.15, 0.2) is 0 Å². The molecule has 0 N–H and O–H groups in total. The summed E-state index contributed by atoms with van der Waals surface area (Å²) in [7, 11) is -3.14. The Balaban J connectivity index is 1.87. The molecular formula is C57H75N6P. The van der Waals surface area contributed by atoms with Crippen molar-refractivity contribution in [3.8, 4) is 28.4 Å². The van der Waals surface area contributed by atoms with Crippen LogP contribution in [0.2, 0.25) is 0 Å². The number of nitrogens with zero attached hydrogens (tertiary/aromatic N) is 6. The van der Waals surface area contributed by atoms with Crippen molar-refractivity contribution in [2.45, 2.75) is 158 Å². The first-order chi connectivity index (χ1) is 30.2. The van der Waals surface area contributed by atoms with Crippen molar-refractivity contribution in [1.82, 2.24) is 18.3 Å². The minimum Gasteiger partial charge on any atom is -0.643 e. The van der Waals surface area contributed by atoms with Crippen LogP contribution < -0.4 is 11.2 Å². The average Bonchev–Trinajstić information content (AvgIpc) is 3.85. The lowest BCUT2D eigenvalue weighted by atomic mass is 9.92. The molecule has 0 aliphatic carbocycles. The Kier molecular flexibility index (Phi) is 14.8. The molecule has 0 amide bonds. The third-order valence-corrected chi connectivity index (χ3v) is 14.3. The largest absolute Gasteiger partial charge is 0.643 e. The summed E-state index contributed by atoms with van der Waals surface area (Å²) in [6.07, 6.45) is 18.1. The second kappa shape index (κ2) is 19.6. The van der Waals surface area contributed by atoms with Gasteiger partial charge in [0.25, 0.3) is 18.8 Å². The minimum absolute atomic E-state index is 0.265. The molecule has 0 saturated carbocycles. The van der Waals surface area contributed by atoms with Crippen LogP contribution in [-0.2, 0) is 0 Å². The number of para-hydroxylation sites is 4. The average molecular weight is 877 g/mol. The van der Waals surface area contributed by atoms with Crippen LogP contribution in [0.1, 0.15) is 203 Å². The fourth-order valence-corrected chi connectivity index (χ4v) is 10.5. The highest BCUT2D eigenvalue weighted by atomic mass is 31.2. The lowest BCUT2D eigenvalue weighted by Crippen LogP contribution is -2.29. The third-order valence-electron chi connectivity index (χ3n) is 12.7. The molecule has 338 valence electrons. The van der Waals surface area contributed by atoms with Crippen LogP contribution in [0.3, 0.4) is 0 Å².